The molecule has 1 aromatic heterocycles. The van der Waals surface area contributed by atoms with Crippen LogP contribution in [0.1, 0.15) is 5.56 Å². The molecule has 0 aliphatic rings. The van der Waals surface area contributed by atoms with Crippen molar-refractivity contribution in [2.75, 3.05) is 5.32 Å². The topological polar surface area (TPSA) is 105 Å². The number of non-ortho nitro benzene ring substituents is 1. The van der Waals surface area contributed by atoms with E-state index in [1.54, 1.807) is 24.3 Å². The highest BCUT2D eigenvalue weighted by atomic mass is 32.1. The zero-order valence-electron chi connectivity index (χ0n) is 15.5. The Kier molecular flexibility index (Phi) is 5.23. The van der Waals surface area contributed by atoms with Crippen molar-refractivity contribution in [1.29, 1.82) is 0 Å². The van der Waals surface area contributed by atoms with Gasteiger partial charge in [-0.05, 0) is 35.9 Å². The SMILES string of the molecule is O=C(C=Cc1cccc([N+](=O)[O-])c1)Nc1ccc(-c2nc3ccccc3s2)c(O)c1. The standard InChI is InChI=1S/C22H15N3O4S/c26-19-13-15(9-10-17(19)22-24-18-6-1-2-7-20(18)30-22)23-21(27)11-8-14-4-3-5-16(12-14)25(28)29/h1-13,26H,(H,23,27). The maximum atomic E-state index is 12.2. The highest BCUT2D eigenvalue weighted by Gasteiger charge is 2.11. The van der Waals surface area contributed by atoms with Gasteiger partial charge >= 0.3 is 0 Å². The van der Waals surface area contributed by atoms with E-state index in [4.69, 9.17) is 0 Å². The van der Waals surface area contributed by atoms with E-state index in [1.807, 2.05) is 24.3 Å². The van der Waals surface area contributed by atoms with E-state index in [0.717, 1.165) is 10.2 Å². The maximum absolute atomic E-state index is 12.2. The number of anilines is 1. The fraction of sp³-hybridized carbons (Fsp3) is 0. The number of fused-ring (bicyclic) bond motifs is 1. The Morgan fingerprint density at radius 2 is 1.93 bits per heavy atom. The quantitative estimate of drug-likeness (QED) is 0.263. The molecule has 0 bridgehead atoms. The molecule has 0 spiro atoms. The molecule has 8 heteroatoms. The van der Waals surface area contributed by atoms with Crippen molar-refractivity contribution in [1.82, 2.24) is 4.98 Å². The smallest absolute Gasteiger partial charge is 0.270 e. The van der Waals surface area contributed by atoms with Gasteiger partial charge in [-0.15, -0.1) is 11.3 Å². The molecule has 4 rings (SSSR count). The fourth-order valence-corrected chi connectivity index (χ4v) is 3.88. The Morgan fingerprint density at radius 3 is 2.70 bits per heavy atom. The number of aromatic nitrogens is 1. The zero-order chi connectivity index (χ0) is 21.1. The van der Waals surface area contributed by atoms with Gasteiger partial charge in [-0.25, -0.2) is 4.98 Å². The summed E-state index contributed by atoms with van der Waals surface area (Å²) in [4.78, 5) is 27.0. The van der Waals surface area contributed by atoms with Crippen LogP contribution in [0.25, 0.3) is 26.9 Å². The summed E-state index contributed by atoms with van der Waals surface area (Å²) in [5.41, 5.74) is 2.36. The van der Waals surface area contributed by atoms with Crippen LogP contribution >= 0.6 is 11.3 Å². The molecule has 0 aliphatic carbocycles. The van der Waals surface area contributed by atoms with E-state index in [9.17, 15) is 20.0 Å². The summed E-state index contributed by atoms with van der Waals surface area (Å²) in [6.45, 7) is 0. The van der Waals surface area contributed by atoms with Crippen molar-refractivity contribution in [3.63, 3.8) is 0 Å². The van der Waals surface area contributed by atoms with Crippen LogP contribution in [-0.4, -0.2) is 20.9 Å². The number of carbonyl (C=O) groups is 1. The summed E-state index contributed by atoms with van der Waals surface area (Å²) in [6, 6.07) is 18.5. The van der Waals surface area contributed by atoms with E-state index < -0.39 is 10.8 Å². The van der Waals surface area contributed by atoms with E-state index in [1.165, 1.54) is 41.7 Å². The fourth-order valence-electron chi connectivity index (χ4n) is 2.88. The summed E-state index contributed by atoms with van der Waals surface area (Å²) in [5.74, 6) is -0.414. The predicted molar refractivity (Wildman–Crippen MR) is 117 cm³/mol. The number of nitrogens with one attached hydrogen (secondary N) is 1. The Morgan fingerprint density at radius 1 is 1.10 bits per heavy atom. The molecule has 30 heavy (non-hydrogen) atoms. The van der Waals surface area contributed by atoms with Crippen molar-refractivity contribution < 1.29 is 14.8 Å². The van der Waals surface area contributed by atoms with Gasteiger partial charge in [-0.1, -0.05) is 24.3 Å². The summed E-state index contributed by atoms with van der Waals surface area (Å²) < 4.78 is 1.02. The van der Waals surface area contributed by atoms with Gasteiger partial charge in [0.15, 0.2) is 0 Å². The monoisotopic (exact) mass is 417 g/mol. The molecule has 0 atom stereocenters. The number of rotatable bonds is 5. The van der Waals surface area contributed by atoms with Gasteiger partial charge in [0.1, 0.15) is 10.8 Å². The van der Waals surface area contributed by atoms with Crippen LogP contribution in [0.15, 0.2) is 72.8 Å². The van der Waals surface area contributed by atoms with E-state index >= 15 is 0 Å². The van der Waals surface area contributed by atoms with Crippen LogP contribution in [0, 0.1) is 10.1 Å². The number of aromatic hydroxyl groups is 1. The summed E-state index contributed by atoms with van der Waals surface area (Å²) >= 11 is 1.48. The minimum atomic E-state index is -0.493. The second-order valence-electron chi connectivity index (χ2n) is 6.39. The molecule has 4 aromatic rings. The number of carbonyl (C=O) groups excluding carboxylic acids is 1. The number of benzene rings is 3. The lowest BCUT2D eigenvalue weighted by Crippen LogP contribution is -2.07. The molecule has 0 saturated carbocycles. The van der Waals surface area contributed by atoms with Crippen LogP contribution in [0.5, 0.6) is 5.75 Å². The molecule has 1 amide bonds. The first-order valence-corrected chi connectivity index (χ1v) is 9.74. The Hall–Kier alpha value is -4.04. The van der Waals surface area contributed by atoms with Crippen LogP contribution in [0.2, 0.25) is 0 Å². The summed E-state index contributed by atoms with van der Waals surface area (Å²) in [6.07, 6.45) is 2.76. The van der Waals surface area contributed by atoms with Gasteiger partial charge < -0.3 is 10.4 Å². The first kappa shape index (κ1) is 19.3. The molecule has 1 heterocycles. The van der Waals surface area contributed by atoms with Gasteiger partial charge in [0.25, 0.3) is 5.69 Å². The molecular formula is C22H15N3O4S. The lowest BCUT2D eigenvalue weighted by molar-refractivity contribution is -0.384. The number of para-hydroxylation sites is 1. The number of nitrogens with zero attached hydrogens (tertiary/aromatic N) is 2. The third kappa shape index (κ3) is 4.18. The van der Waals surface area contributed by atoms with E-state index in [0.29, 0.717) is 21.8 Å². The number of nitro benzene ring substituents is 1. The van der Waals surface area contributed by atoms with Crippen LogP contribution in [0.4, 0.5) is 11.4 Å². The number of nitro groups is 1. The lowest BCUT2D eigenvalue weighted by Gasteiger charge is -2.06. The first-order valence-electron chi connectivity index (χ1n) is 8.92. The Bertz CT molecular complexity index is 1260. The minimum Gasteiger partial charge on any atom is -0.507 e. The van der Waals surface area contributed by atoms with Crippen LogP contribution in [-0.2, 0) is 4.79 Å². The molecule has 0 radical (unpaired) electrons. The average Bonchev–Trinajstić information content (AvgIpc) is 3.16. The second-order valence-corrected chi connectivity index (χ2v) is 7.42. The second kappa shape index (κ2) is 8.14. The van der Waals surface area contributed by atoms with Gasteiger partial charge in [-0.2, -0.15) is 0 Å². The predicted octanol–water partition coefficient (Wildman–Crippen LogP) is 5.23. The molecule has 3 aromatic carbocycles. The largest absolute Gasteiger partial charge is 0.507 e. The molecule has 7 nitrogen and oxygen atoms in total. The number of hydrogen-bond donors (Lipinski definition) is 2. The highest BCUT2D eigenvalue weighted by molar-refractivity contribution is 7.21. The molecule has 2 N–H and O–H groups in total. The van der Waals surface area contributed by atoms with Crippen molar-refractivity contribution >= 4 is 44.9 Å². The van der Waals surface area contributed by atoms with Crippen LogP contribution in [0.3, 0.4) is 0 Å². The van der Waals surface area contributed by atoms with Gasteiger partial charge in [0.2, 0.25) is 5.91 Å². The lowest BCUT2D eigenvalue weighted by atomic mass is 10.1. The summed E-state index contributed by atoms with van der Waals surface area (Å²) in [5, 5.41) is 24.6. The number of phenolic OH excluding ortho intramolecular Hbond substituents is 1. The van der Waals surface area contributed by atoms with Crippen molar-refractivity contribution in [3.8, 4) is 16.3 Å². The van der Waals surface area contributed by atoms with Gasteiger partial charge in [0, 0.05) is 30.0 Å². The normalized spacial score (nSPS) is 11.1. The number of amides is 1. The molecule has 0 aliphatic heterocycles. The third-order valence-corrected chi connectivity index (χ3v) is 5.37. The highest BCUT2D eigenvalue weighted by Crippen LogP contribution is 2.36. The summed E-state index contributed by atoms with van der Waals surface area (Å²) in [7, 11) is 0. The van der Waals surface area contributed by atoms with Crippen molar-refractivity contribution in [2.45, 2.75) is 0 Å². The number of thiazole rings is 1. The molecule has 0 saturated heterocycles. The molecule has 0 fully saturated rings. The molecular weight excluding hydrogens is 402 g/mol. The van der Waals surface area contributed by atoms with Crippen molar-refractivity contribution in [2.24, 2.45) is 0 Å². The van der Waals surface area contributed by atoms with Gasteiger partial charge in [0.05, 0.1) is 20.7 Å². The van der Waals surface area contributed by atoms with E-state index in [2.05, 4.69) is 10.3 Å². The molecule has 0 unspecified atom stereocenters. The number of phenols is 1. The van der Waals surface area contributed by atoms with Crippen molar-refractivity contribution in [3.05, 3.63) is 88.5 Å². The zero-order valence-corrected chi connectivity index (χ0v) is 16.3. The van der Waals surface area contributed by atoms with E-state index in [-0.39, 0.29) is 11.4 Å². The average molecular weight is 417 g/mol. The maximum Gasteiger partial charge on any atom is 0.270 e. The minimum absolute atomic E-state index is 0.00881. The third-order valence-electron chi connectivity index (χ3n) is 4.30. The van der Waals surface area contributed by atoms with Gasteiger partial charge in [-0.3, -0.25) is 14.9 Å². The Labute approximate surface area is 175 Å². The Balaban J connectivity index is 1.48. The first-order chi connectivity index (χ1) is 14.5. The number of hydrogen-bond acceptors (Lipinski definition) is 6. The molecule has 148 valence electrons. The van der Waals surface area contributed by atoms with Crippen LogP contribution < -0.4 is 5.32 Å².